The maximum Gasteiger partial charge on any atom is 0.410 e. The first-order chi connectivity index (χ1) is 34.7. The number of fused-ring (bicyclic) bond motifs is 1. The Balaban J connectivity index is 0.966. The van der Waals surface area contributed by atoms with E-state index in [4.69, 9.17) is 25.2 Å². The number of carbonyl (C=O) groups excluding carboxylic acids is 7. The zero-order valence-corrected chi connectivity index (χ0v) is 40.8. The number of urea groups is 1. The fourth-order valence-electron chi connectivity index (χ4n) is 8.69. The van der Waals surface area contributed by atoms with Crippen molar-refractivity contribution in [2.24, 2.45) is 17.6 Å². The quantitative estimate of drug-likeness (QED) is 0.0383. The zero-order chi connectivity index (χ0) is 51.1. The van der Waals surface area contributed by atoms with Crippen LogP contribution in [0.1, 0.15) is 88.7 Å². The van der Waals surface area contributed by atoms with E-state index in [0.29, 0.717) is 91.5 Å². The van der Waals surface area contributed by atoms with Crippen LogP contribution in [0.3, 0.4) is 0 Å². The van der Waals surface area contributed by atoms with E-state index in [1.165, 1.54) is 18.5 Å². The number of imidazole rings is 1. The number of aryl methyl sites for hydroxylation is 1. The zero-order valence-electron chi connectivity index (χ0n) is 40.8. The van der Waals surface area contributed by atoms with Gasteiger partial charge in [0.05, 0.1) is 29.7 Å². The molecular formula is C51H62N12O9. The summed E-state index contributed by atoms with van der Waals surface area (Å²) in [6, 6.07) is 14.6. The molecule has 1 saturated heterocycles. The fraction of sp³-hybridized carbons (Fsp3) is 0.431. The van der Waals surface area contributed by atoms with Gasteiger partial charge in [-0.2, -0.15) is 5.10 Å². The number of ether oxygens (including phenoxy) is 2. The van der Waals surface area contributed by atoms with Gasteiger partial charge in [-0.3, -0.25) is 38.8 Å². The number of unbranched alkanes of at least 4 members (excludes halogenated alkanes) is 2. The summed E-state index contributed by atoms with van der Waals surface area (Å²) >= 11 is 0. The van der Waals surface area contributed by atoms with Crippen LogP contribution in [0.5, 0.6) is 0 Å². The molecule has 380 valence electrons. The SMILES string of the molecule is Cc1cccc(-c2[nH]c(CN(C(=O)OCc3ccc(NC(=O)[C@H](CCCNC(N)=O)CC(=O)[C@@H](NC(=O)CCCCCN4C(=O)C=CC4=O)C(C)C)cc3)C3CCOCC3)nc2-c2ccc3ncnn3c2)n1. The van der Waals surface area contributed by atoms with Gasteiger partial charge in [0.15, 0.2) is 11.4 Å². The number of nitrogens with zero attached hydrogens (tertiary/aromatic N) is 7. The summed E-state index contributed by atoms with van der Waals surface area (Å²) in [6.45, 7) is 7.05. The number of rotatable bonds is 24. The van der Waals surface area contributed by atoms with Crippen LogP contribution in [0, 0.1) is 18.8 Å². The van der Waals surface area contributed by atoms with Gasteiger partial charge < -0.3 is 36.1 Å². The minimum atomic E-state index is -0.849. The maximum atomic E-state index is 14.0. The van der Waals surface area contributed by atoms with Crippen molar-refractivity contribution in [1.29, 1.82) is 0 Å². The molecule has 0 spiro atoms. The van der Waals surface area contributed by atoms with E-state index < -0.39 is 30.0 Å². The number of anilines is 1. The number of hydrogen-bond donors (Lipinski definition) is 5. The standard InChI is InChI=1S/C51H62N12O9/c1-32(2)46(60-43(65)12-5-4-6-24-61-44(66)19-20-45(61)67)40(64)27-35(10-8-23-53-50(52)69)49(68)57-37-16-13-34(14-17-37)30-72-51(70)62(38-21-25-71-26-22-38)29-41-58-47(36-15-18-42-54-31-55-63(42)28-36)48(59-41)39-11-7-9-33(3)56-39/h7,9,11,13-20,28,31-32,35,38,46H,4-6,8,10,12,21-27,29-30H2,1-3H3,(H,57,68)(H,58,59)(H,60,65)(H3,52,53,69)/t35-,46+/m1/s1. The molecule has 0 unspecified atom stereocenters. The largest absolute Gasteiger partial charge is 0.445 e. The number of primary amides is 1. The summed E-state index contributed by atoms with van der Waals surface area (Å²) in [7, 11) is 0. The molecule has 2 aliphatic heterocycles. The first-order valence-corrected chi connectivity index (χ1v) is 24.3. The van der Waals surface area contributed by atoms with Crippen molar-refractivity contribution in [3.8, 4) is 22.6 Å². The number of imide groups is 1. The van der Waals surface area contributed by atoms with E-state index in [1.807, 2.05) is 57.3 Å². The third kappa shape index (κ3) is 14.2. The molecule has 0 saturated carbocycles. The average Bonchev–Trinajstić information content (AvgIpc) is 4.11. The molecule has 0 radical (unpaired) electrons. The van der Waals surface area contributed by atoms with Crippen LogP contribution in [-0.4, -0.2) is 119 Å². The smallest absolute Gasteiger partial charge is 0.410 e. The number of amides is 7. The predicted octanol–water partition coefficient (Wildman–Crippen LogP) is 5.40. The van der Waals surface area contributed by atoms with E-state index in [1.54, 1.807) is 33.7 Å². The number of Topliss-reactive ketones (excluding diaryl/α,β-unsaturated/α-hetero) is 1. The number of aromatic amines is 1. The van der Waals surface area contributed by atoms with Crippen LogP contribution in [0.15, 0.2) is 79.3 Å². The molecule has 72 heavy (non-hydrogen) atoms. The summed E-state index contributed by atoms with van der Waals surface area (Å²) in [5.41, 5.74) is 10.7. The van der Waals surface area contributed by atoms with Crippen molar-refractivity contribution in [3.63, 3.8) is 0 Å². The van der Waals surface area contributed by atoms with Crippen molar-refractivity contribution < 1.29 is 43.0 Å². The van der Waals surface area contributed by atoms with Crippen LogP contribution in [0.2, 0.25) is 0 Å². The van der Waals surface area contributed by atoms with E-state index in [9.17, 15) is 33.6 Å². The summed E-state index contributed by atoms with van der Waals surface area (Å²) in [5, 5.41) is 12.6. The number of nitrogens with two attached hydrogens (primary N) is 1. The van der Waals surface area contributed by atoms with Crippen LogP contribution < -0.4 is 21.7 Å². The predicted molar refractivity (Wildman–Crippen MR) is 264 cm³/mol. The summed E-state index contributed by atoms with van der Waals surface area (Å²) in [4.78, 5) is 110. The summed E-state index contributed by atoms with van der Waals surface area (Å²) in [5.74, 6) is -2.29. The number of nitrogens with one attached hydrogen (secondary N) is 4. The Morgan fingerprint density at radius 2 is 1.71 bits per heavy atom. The van der Waals surface area contributed by atoms with Crippen LogP contribution in [0.25, 0.3) is 28.3 Å². The Morgan fingerprint density at radius 1 is 0.944 bits per heavy atom. The van der Waals surface area contributed by atoms with E-state index in [2.05, 4.69) is 31.0 Å². The van der Waals surface area contributed by atoms with Crippen molar-refractivity contribution in [3.05, 3.63) is 96.4 Å². The second-order valence-electron chi connectivity index (χ2n) is 18.3. The molecule has 6 heterocycles. The molecule has 2 atom stereocenters. The molecule has 7 rings (SSSR count). The third-order valence-electron chi connectivity index (χ3n) is 12.6. The van der Waals surface area contributed by atoms with Crippen molar-refractivity contribution in [1.82, 2.24) is 50.0 Å². The van der Waals surface area contributed by atoms with Gasteiger partial charge in [-0.25, -0.2) is 24.1 Å². The van der Waals surface area contributed by atoms with Gasteiger partial charge in [-0.05, 0) is 93.3 Å². The molecule has 1 fully saturated rings. The number of benzene rings is 1. The molecule has 4 aromatic heterocycles. The Hall–Kier alpha value is -7.81. The lowest BCUT2D eigenvalue weighted by Crippen LogP contribution is -2.45. The lowest BCUT2D eigenvalue weighted by atomic mass is 9.89. The Bertz CT molecular complexity index is 2750. The highest BCUT2D eigenvalue weighted by Gasteiger charge is 2.31. The number of carbonyl (C=O) groups is 7. The second-order valence-corrected chi connectivity index (χ2v) is 18.3. The normalized spacial score (nSPS) is 14.6. The van der Waals surface area contributed by atoms with Gasteiger partial charge in [0.1, 0.15) is 18.8 Å². The molecular weight excluding hydrogens is 925 g/mol. The van der Waals surface area contributed by atoms with Gasteiger partial charge in [0.2, 0.25) is 11.8 Å². The van der Waals surface area contributed by atoms with Gasteiger partial charge in [0.25, 0.3) is 11.8 Å². The first kappa shape index (κ1) is 52.0. The highest BCUT2D eigenvalue weighted by molar-refractivity contribution is 6.12. The third-order valence-corrected chi connectivity index (χ3v) is 12.6. The van der Waals surface area contributed by atoms with Crippen molar-refractivity contribution in [2.45, 2.75) is 104 Å². The molecule has 1 aromatic carbocycles. The molecule has 0 aliphatic carbocycles. The van der Waals surface area contributed by atoms with Crippen molar-refractivity contribution >= 4 is 52.9 Å². The first-order valence-electron chi connectivity index (χ1n) is 24.3. The molecule has 21 heteroatoms. The Labute approximate surface area is 416 Å². The monoisotopic (exact) mass is 986 g/mol. The maximum absolute atomic E-state index is 14.0. The summed E-state index contributed by atoms with van der Waals surface area (Å²) < 4.78 is 13.2. The molecule has 21 nitrogen and oxygen atoms in total. The highest BCUT2D eigenvalue weighted by atomic mass is 16.6. The van der Waals surface area contributed by atoms with E-state index in [0.717, 1.165) is 16.2 Å². The van der Waals surface area contributed by atoms with E-state index in [-0.39, 0.29) is 81.0 Å². The van der Waals surface area contributed by atoms with Gasteiger partial charge >= 0.3 is 12.1 Å². The van der Waals surface area contributed by atoms with Crippen LogP contribution in [0.4, 0.5) is 15.3 Å². The highest BCUT2D eigenvalue weighted by Crippen LogP contribution is 2.31. The molecule has 2 aliphatic rings. The van der Waals surface area contributed by atoms with E-state index >= 15 is 0 Å². The Kier molecular flexibility index (Phi) is 17.9. The van der Waals surface area contributed by atoms with Crippen LogP contribution >= 0.6 is 0 Å². The molecule has 7 amide bonds. The number of ketones is 1. The minimum Gasteiger partial charge on any atom is -0.445 e. The van der Waals surface area contributed by atoms with Gasteiger partial charge in [-0.15, -0.1) is 0 Å². The van der Waals surface area contributed by atoms with Crippen molar-refractivity contribution in [2.75, 3.05) is 31.6 Å². The lowest BCUT2D eigenvalue weighted by Gasteiger charge is -2.33. The Morgan fingerprint density at radius 3 is 2.43 bits per heavy atom. The average molecular weight is 987 g/mol. The fourth-order valence-corrected chi connectivity index (χ4v) is 8.69. The number of aromatic nitrogens is 6. The number of hydrogen-bond acceptors (Lipinski definition) is 13. The molecule has 0 bridgehead atoms. The topological polar surface area (TPSA) is 278 Å². The second kappa shape index (κ2) is 24.8. The number of H-pyrrole nitrogens is 1. The van der Waals surface area contributed by atoms with Crippen LogP contribution in [-0.2, 0) is 46.6 Å². The minimum absolute atomic E-state index is 0.0583. The van der Waals surface area contributed by atoms with Gasteiger partial charge in [0, 0.05) is 86.4 Å². The molecule has 5 aromatic rings. The molecule has 6 N–H and O–H groups in total. The number of pyridine rings is 2. The summed E-state index contributed by atoms with van der Waals surface area (Å²) in [6.07, 6.45) is 8.71. The van der Waals surface area contributed by atoms with Gasteiger partial charge in [-0.1, -0.05) is 38.5 Å². The lowest BCUT2D eigenvalue weighted by molar-refractivity contribution is -0.137.